The molecule has 3 atom stereocenters. The molecule has 1 spiro atoms. The maximum absolute atomic E-state index is 4.45. The van der Waals surface area contributed by atoms with Crippen LogP contribution in [0.15, 0.2) is 36.2 Å². The van der Waals surface area contributed by atoms with Crippen molar-refractivity contribution in [3.05, 3.63) is 16.7 Å². The van der Waals surface area contributed by atoms with Gasteiger partial charge in [0.25, 0.3) is 0 Å². The first-order valence-electron chi connectivity index (χ1n) is 6.39. The number of rotatable bonds is 5. The Hall–Kier alpha value is -2.44. The van der Waals surface area contributed by atoms with Gasteiger partial charge in [0.1, 0.15) is 12.6 Å². The second kappa shape index (κ2) is 3.60. The molecular formula is C14H17N7. The minimum atomic E-state index is -1.03. The summed E-state index contributed by atoms with van der Waals surface area (Å²) in [4.78, 5) is 21.2. The molecule has 0 aromatic carbocycles. The molecule has 0 radical (unpaired) electrons. The fourth-order valence-corrected chi connectivity index (χ4v) is 4.30. The number of aliphatic imine (C=N–C) groups is 5. The van der Waals surface area contributed by atoms with Crippen molar-refractivity contribution in [3.63, 3.8) is 0 Å². The molecule has 0 amide bonds. The van der Waals surface area contributed by atoms with Crippen molar-refractivity contribution in [2.45, 2.75) is 23.9 Å². The van der Waals surface area contributed by atoms with Gasteiger partial charge in [-0.2, -0.15) is 0 Å². The summed E-state index contributed by atoms with van der Waals surface area (Å²) < 4.78 is 1.56. The number of nitrogens with zero attached hydrogens (tertiary/aromatic N) is 7. The Balaban J connectivity index is 2.42. The van der Waals surface area contributed by atoms with Gasteiger partial charge in [-0.25, -0.2) is 0 Å². The molecule has 2 fully saturated rings. The summed E-state index contributed by atoms with van der Waals surface area (Å²) in [6, 6.07) is 0. The van der Waals surface area contributed by atoms with E-state index in [0.29, 0.717) is 0 Å². The zero-order chi connectivity index (χ0) is 15.6. The Kier molecular flexibility index (Phi) is 2.32. The molecule has 1 heterocycles. The highest BCUT2D eigenvalue weighted by Crippen LogP contribution is 2.75. The van der Waals surface area contributed by atoms with Crippen LogP contribution in [-0.4, -0.2) is 62.0 Å². The van der Waals surface area contributed by atoms with Crippen molar-refractivity contribution < 1.29 is 4.68 Å². The van der Waals surface area contributed by atoms with Crippen molar-refractivity contribution in [3.8, 4) is 0 Å². The lowest BCUT2D eigenvalue weighted by atomic mass is 9.81. The van der Waals surface area contributed by atoms with Gasteiger partial charge in [0.05, 0.1) is 11.6 Å². The van der Waals surface area contributed by atoms with Gasteiger partial charge in [0.15, 0.2) is 5.66 Å². The molecule has 108 valence electrons. The summed E-state index contributed by atoms with van der Waals surface area (Å²) in [5, 5.41) is 0. The minimum Gasteiger partial charge on any atom is -0.370 e. The molecule has 3 rings (SSSR count). The van der Waals surface area contributed by atoms with Crippen LogP contribution < -0.4 is 0 Å². The fraction of sp³-hybridized carbons (Fsp3) is 0.429. The van der Waals surface area contributed by atoms with E-state index in [-0.39, 0.29) is 11.8 Å². The molecule has 1 aliphatic heterocycles. The van der Waals surface area contributed by atoms with E-state index in [1.165, 1.54) is 0 Å². The first kappa shape index (κ1) is 13.5. The van der Waals surface area contributed by atoms with Crippen LogP contribution in [0.3, 0.4) is 0 Å². The van der Waals surface area contributed by atoms with Gasteiger partial charge >= 0.3 is 0 Å². The molecule has 7 nitrogen and oxygen atoms in total. The smallest absolute Gasteiger partial charge is 0.211 e. The molecule has 2 aliphatic carbocycles. The van der Waals surface area contributed by atoms with Crippen LogP contribution in [0.1, 0.15) is 6.92 Å². The van der Waals surface area contributed by atoms with E-state index in [0.717, 1.165) is 11.3 Å². The van der Waals surface area contributed by atoms with Gasteiger partial charge in [-0.15, -0.1) is 0 Å². The van der Waals surface area contributed by atoms with Crippen LogP contribution in [0.2, 0.25) is 0 Å². The molecule has 7 heteroatoms. The summed E-state index contributed by atoms with van der Waals surface area (Å²) in [5.41, 5.74) is 3.33. The zero-order valence-corrected chi connectivity index (χ0v) is 12.0. The Morgan fingerprint density at radius 1 is 1.00 bits per heavy atom. The lowest BCUT2D eigenvalue weighted by molar-refractivity contribution is -0.381. The summed E-state index contributed by atoms with van der Waals surface area (Å²) in [7, 11) is 0. The Labute approximate surface area is 123 Å². The molecule has 0 aromatic heterocycles. The fourth-order valence-electron chi connectivity index (χ4n) is 4.30. The molecule has 1 saturated carbocycles. The monoisotopic (exact) mass is 283 g/mol. The average molecular weight is 283 g/mol. The topological polar surface area (TPSA) is 78.9 Å². The van der Waals surface area contributed by atoms with E-state index in [9.17, 15) is 0 Å². The van der Waals surface area contributed by atoms with Crippen molar-refractivity contribution in [2.75, 3.05) is 0 Å². The SMILES string of the molecule is C=NC1=C(C)C2C(N=C)(N=C)C1C1([N-][N+]1=C)C2(N=C)N=C. The van der Waals surface area contributed by atoms with Crippen LogP contribution in [0, 0.1) is 11.8 Å². The molecule has 21 heavy (non-hydrogen) atoms. The maximum atomic E-state index is 4.45. The summed E-state index contributed by atoms with van der Waals surface area (Å²) in [6.07, 6.45) is 0. The first-order chi connectivity index (χ1) is 9.97. The molecule has 1 saturated heterocycles. The lowest BCUT2D eigenvalue weighted by Crippen LogP contribution is -2.48. The Morgan fingerprint density at radius 2 is 1.52 bits per heavy atom. The number of hydrogen-bond donors (Lipinski definition) is 0. The normalized spacial score (nSPS) is 37.1. The van der Waals surface area contributed by atoms with Crippen LogP contribution in [-0.2, 0) is 0 Å². The highest BCUT2D eigenvalue weighted by Gasteiger charge is 2.87. The third-order valence-corrected chi connectivity index (χ3v) is 5.09. The largest absolute Gasteiger partial charge is 0.370 e. The predicted molar refractivity (Wildman–Crippen MR) is 86.4 cm³/mol. The number of hydrogen-bond acceptors (Lipinski definition) is 5. The Morgan fingerprint density at radius 3 is 1.86 bits per heavy atom. The maximum Gasteiger partial charge on any atom is 0.211 e. The number of fused-ring (bicyclic) bond motifs is 3. The Bertz CT molecular complexity index is 642. The molecule has 3 unspecified atom stereocenters. The van der Waals surface area contributed by atoms with Gasteiger partial charge in [-0.1, -0.05) is 0 Å². The van der Waals surface area contributed by atoms with Crippen molar-refractivity contribution in [1.29, 1.82) is 0 Å². The second-order valence-electron chi connectivity index (χ2n) is 5.46. The van der Waals surface area contributed by atoms with Gasteiger partial charge in [-0.05, 0) is 46.1 Å². The summed E-state index contributed by atoms with van der Waals surface area (Å²) >= 11 is 0. The van der Waals surface area contributed by atoms with Crippen LogP contribution in [0.4, 0.5) is 0 Å². The van der Waals surface area contributed by atoms with Gasteiger partial charge in [-0.3, -0.25) is 29.6 Å². The zero-order valence-electron chi connectivity index (χ0n) is 12.0. The molecule has 0 N–H and O–H groups in total. The van der Waals surface area contributed by atoms with Crippen LogP contribution in [0.5, 0.6) is 0 Å². The van der Waals surface area contributed by atoms with E-state index in [1.807, 2.05) is 6.92 Å². The van der Waals surface area contributed by atoms with E-state index >= 15 is 0 Å². The van der Waals surface area contributed by atoms with E-state index in [2.05, 4.69) is 70.7 Å². The lowest BCUT2D eigenvalue weighted by Gasteiger charge is -2.34. The molecule has 0 aromatic rings. The predicted octanol–water partition coefficient (Wildman–Crippen LogP) is 1.13. The van der Waals surface area contributed by atoms with Gasteiger partial charge in [0, 0.05) is 0 Å². The highest BCUT2D eigenvalue weighted by molar-refractivity contribution is 5.59. The van der Waals surface area contributed by atoms with Crippen LogP contribution in [0.25, 0.3) is 5.43 Å². The average Bonchev–Trinajstić information content (AvgIpc) is 3.01. The summed E-state index contributed by atoms with van der Waals surface area (Å²) in [5.74, 6) is -0.702. The molecular weight excluding hydrogens is 266 g/mol. The quantitative estimate of drug-likeness (QED) is 0.412. The first-order valence-corrected chi connectivity index (χ1v) is 6.39. The minimum absolute atomic E-state index is 0.351. The van der Waals surface area contributed by atoms with Crippen LogP contribution >= 0.6 is 0 Å². The third-order valence-electron chi connectivity index (χ3n) is 5.09. The van der Waals surface area contributed by atoms with E-state index < -0.39 is 17.0 Å². The third kappa shape index (κ3) is 0.989. The standard InChI is InChI=1S/C14H17N7/c1-8-9(15-2)11-12(16-3,17-4)10(8)13(18-5,19-6)14(11)20-21(14)7/h10-11H,2-7H2,1H3. The van der Waals surface area contributed by atoms with E-state index in [4.69, 9.17) is 0 Å². The van der Waals surface area contributed by atoms with Crippen molar-refractivity contribution in [2.24, 2.45) is 36.8 Å². The van der Waals surface area contributed by atoms with Crippen molar-refractivity contribution in [1.82, 2.24) is 0 Å². The molecule has 2 bridgehead atoms. The van der Waals surface area contributed by atoms with E-state index in [1.54, 1.807) is 4.68 Å². The van der Waals surface area contributed by atoms with Gasteiger partial charge < -0.3 is 5.43 Å². The van der Waals surface area contributed by atoms with Crippen molar-refractivity contribution >= 4 is 40.3 Å². The van der Waals surface area contributed by atoms with Gasteiger partial charge in [0.2, 0.25) is 11.3 Å². The molecule has 3 aliphatic rings. The highest BCUT2D eigenvalue weighted by atomic mass is 15.8. The second-order valence-corrected chi connectivity index (χ2v) is 5.46. The summed E-state index contributed by atoms with van der Waals surface area (Å²) in [6.45, 7) is 24.3.